The fourth-order valence-corrected chi connectivity index (χ4v) is 3.63. The number of hydrogen-bond acceptors (Lipinski definition) is 8. The number of hydrogen-bond donors (Lipinski definition) is 1. The number of non-ortho nitro benzene ring substituents is 1. The molecular weight excluding hydrogens is 454 g/mol. The molecule has 1 aliphatic heterocycles. The van der Waals surface area contributed by atoms with Gasteiger partial charge < -0.3 is 9.64 Å². The van der Waals surface area contributed by atoms with Gasteiger partial charge in [-0.2, -0.15) is 5.10 Å². The fourth-order valence-electron chi connectivity index (χ4n) is 3.63. The molecule has 11 heteroatoms. The van der Waals surface area contributed by atoms with Crippen molar-refractivity contribution >= 4 is 29.2 Å². The second-order valence-electron chi connectivity index (χ2n) is 7.78. The summed E-state index contributed by atoms with van der Waals surface area (Å²) in [5.74, 6) is -0.161. The Kier molecular flexibility index (Phi) is 6.96. The Bertz CT molecular complexity index is 1270. The molecule has 1 aliphatic rings. The van der Waals surface area contributed by atoms with Crippen molar-refractivity contribution in [2.24, 2.45) is 5.10 Å². The van der Waals surface area contributed by atoms with Gasteiger partial charge in [0.2, 0.25) is 5.75 Å². The van der Waals surface area contributed by atoms with Crippen molar-refractivity contribution in [1.29, 1.82) is 0 Å². The van der Waals surface area contributed by atoms with E-state index in [1.807, 2.05) is 12.1 Å². The molecule has 0 radical (unpaired) electrons. The molecule has 1 saturated heterocycles. The maximum atomic E-state index is 12.3. The van der Waals surface area contributed by atoms with E-state index in [-0.39, 0.29) is 11.7 Å². The van der Waals surface area contributed by atoms with E-state index < -0.39 is 21.2 Å². The number of ether oxygens (including phenoxy) is 1. The maximum absolute atomic E-state index is 12.3. The standard InChI is InChI=1S/C24H21N5O6/c30-24(18-5-7-19(8-6-18)27-13-1-2-14-27)26-25-16-17-3-10-21(11-4-17)35-23-12-9-20(28(31)32)15-22(23)29(33)34/h3-12,15-16H,1-2,13-14H2,(H,26,30)/b25-16-. The highest BCUT2D eigenvalue weighted by atomic mass is 16.6. The monoisotopic (exact) mass is 475 g/mol. The number of nitrogens with zero attached hydrogens (tertiary/aromatic N) is 4. The summed E-state index contributed by atoms with van der Waals surface area (Å²) in [4.78, 5) is 35.2. The molecule has 3 aromatic carbocycles. The third-order valence-electron chi connectivity index (χ3n) is 5.44. The Morgan fingerprint density at radius 2 is 1.63 bits per heavy atom. The van der Waals surface area contributed by atoms with E-state index in [1.165, 1.54) is 25.1 Å². The van der Waals surface area contributed by atoms with E-state index in [0.717, 1.165) is 30.9 Å². The molecule has 0 atom stereocenters. The van der Waals surface area contributed by atoms with Crippen LogP contribution in [0.5, 0.6) is 11.5 Å². The first kappa shape index (κ1) is 23.4. The number of hydrazone groups is 1. The molecule has 0 unspecified atom stereocenters. The number of carbonyl (C=O) groups excluding carboxylic acids is 1. The van der Waals surface area contributed by atoms with E-state index in [0.29, 0.717) is 16.9 Å². The summed E-state index contributed by atoms with van der Waals surface area (Å²) in [7, 11) is 0. The molecule has 1 heterocycles. The molecule has 0 aromatic heterocycles. The van der Waals surface area contributed by atoms with Gasteiger partial charge in [0.05, 0.1) is 22.1 Å². The second-order valence-corrected chi connectivity index (χ2v) is 7.78. The first-order valence-electron chi connectivity index (χ1n) is 10.8. The molecule has 0 saturated carbocycles. The van der Waals surface area contributed by atoms with Crippen LogP contribution in [0.1, 0.15) is 28.8 Å². The SMILES string of the molecule is O=C(N/N=C\c1ccc(Oc2ccc([N+](=O)[O-])cc2[N+](=O)[O-])cc1)c1ccc(N2CCCC2)cc1. The third-order valence-corrected chi connectivity index (χ3v) is 5.44. The van der Waals surface area contributed by atoms with Gasteiger partial charge in [-0.05, 0) is 73.0 Å². The van der Waals surface area contributed by atoms with E-state index in [4.69, 9.17) is 4.74 Å². The van der Waals surface area contributed by atoms with E-state index >= 15 is 0 Å². The summed E-state index contributed by atoms with van der Waals surface area (Å²) in [5, 5.41) is 26.1. The minimum atomic E-state index is -0.744. The van der Waals surface area contributed by atoms with Gasteiger partial charge in [-0.3, -0.25) is 25.0 Å². The zero-order valence-corrected chi connectivity index (χ0v) is 18.5. The van der Waals surface area contributed by atoms with Crippen molar-refractivity contribution in [2.45, 2.75) is 12.8 Å². The number of benzene rings is 3. The van der Waals surface area contributed by atoms with Crippen LogP contribution in [-0.2, 0) is 0 Å². The van der Waals surface area contributed by atoms with Crippen LogP contribution in [-0.4, -0.2) is 35.1 Å². The predicted molar refractivity (Wildman–Crippen MR) is 129 cm³/mol. The summed E-state index contributed by atoms with van der Waals surface area (Å²) in [6.45, 7) is 2.06. The highest BCUT2D eigenvalue weighted by molar-refractivity contribution is 5.95. The van der Waals surface area contributed by atoms with Crippen LogP contribution in [0, 0.1) is 20.2 Å². The smallest absolute Gasteiger partial charge is 0.318 e. The Morgan fingerprint density at radius 1 is 0.943 bits per heavy atom. The van der Waals surface area contributed by atoms with Crippen LogP contribution in [0.3, 0.4) is 0 Å². The molecule has 11 nitrogen and oxygen atoms in total. The van der Waals surface area contributed by atoms with Gasteiger partial charge in [-0.25, -0.2) is 5.43 Å². The first-order chi connectivity index (χ1) is 16.9. The lowest BCUT2D eigenvalue weighted by atomic mass is 10.2. The molecule has 178 valence electrons. The first-order valence-corrected chi connectivity index (χ1v) is 10.8. The van der Waals surface area contributed by atoms with Crippen molar-refractivity contribution in [3.63, 3.8) is 0 Å². The number of nitro benzene ring substituents is 2. The van der Waals surface area contributed by atoms with Gasteiger partial charge in [-0.1, -0.05) is 0 Å². The van der Waals surface area contributed by atoms with Crippen LogP contribution >= 0.6 is 0 Å². The van der Waals surface area contributed by atoms with Crippen molar-refractivity contribution in [1.82, 2.24) is 5.43 Å². The Labute approximate surface area is 199 Å². The molecule has 35 heavy (non-hydrogen) atoms. The zero-order chi connectivity index (χ0) is 24.8. The molecular formula is C24H21N5O6. The zero-order valence-electron chi connectivity index (χ0n) is 18.5. The summed E-state index contributed by atoms with van der Waals surface area (Å²) < 4.78 is 5.53. The Balaban J connectivity index is 1.35. The molecule has 0 spiro atoms. The summed E-state index contributed by atoms with van der Waals surface area (Å²) in [5.41, 5.74) is 3.82. The second kappa shape index (κ2) is 10.4. The number of anilines is 1. The van der Waals surface area contributed by atoms with Crippen molar-refractivity contribution in [3.05, 3.63) is 98.1 Å². The number of carbonyl (C=O) groups is 1. The quantitative estimate of drug-likeness (QED) is 0.284. The third kappa shape index (κ3) is 5.77. The van der Waals surface area contributed by atoms with Crippen molar-refractivity contribution in [2.75, 3.05) is 18.0 Å². The molecule has 0 aliphatic carbocycles. The number of rotatable bonds is 8. The van der Waals surface area contributed by atoms with Crippen LogP contribution in [0.2, 0.25) is 0 Å². The van der Waals surface area contributed by atoms with E-state index in [9.17, 15) is 25.0 Å². The molecule has 1 N–H and O–H groups in total. The summed E-state index contributed by atoms with van der Waals surface area (Å²) in [6, 6.07) is 17.0. The van der Waals surface area contributed by atoms with Gasteiger partial charge in [0, 0.05) is 30.4 Å². The molecule has 1 amide bonds. The van der Waals surface area contributed by atoms with Gasteiger partial charge >= 0.3 is 5.69 Å². The topological polar surface area (TPSA) is 140 Å². The lowest BCUT2D eigenvalue weighted by molar-refractivity contribution is -0.394. The molecule has 0 bridgehead atoms. The lowest BCUT2D eigenvalue weighted by Crippen LogP contribution is -2.19. The fraction of sp³-hybridized carbons (Fsp3) is 0.167. The Hall–Kier alpha value is -4.80. The van der Waals surface area contributed by atoms with Crippen molar-refractivity contribution in [3.8, 4) is 11.5 Å². The number of nitrogens with one attached hydrogen (secondary N) is 1. The summed E-state index contributed by atoms with van der Waals surface area (Å²) >= 11 is 0. The van der Waals surface area contributed by atoms with E-state index in [2.05, 4.69) is 15.4 Å². The molecule has 1 fully saturated rings. The lowest BCUT2D eigenvalue weighted by Gasteiger charge is -2.17. The van der Waals surface area contributed by atoms with Gasteiger partial charge in [0.1, 0.15) is 5.75 Å². The van der Waals surface area contributed by atoms with E-state index in [1.54, 1.807) is 36.4 Å². The van der Waals surface area contributed by atoms with Crippen LogP contribution in [0.25, 0.3) is 0 Å². The van der Waals surface area contributed by atoms with Crippen LogP contribution in [0.4, 0.5) is 17.1 Å². The maximum Gasteiger partial charge on any atom is 0.318 e. The van der Waals surface area contributed by atoms with Gasteiger partial charge in [-0.15, -0.1) is 0 Å². The highest BCUT2D eigenvalue weighted by Gasteiger charge is 2.21. The van der Waals surface area contributed by atoms with Crippen LogP contribution < -0.4 is 15.1 Å². The average Bonchev–Trinajstić information content (AvgIpc) is 3.40. The number of amides is 1. The van der Waals surface area contributed by atoms with Crippen LogP contribution in [0.15, 0.2) is 71.8 Å². The number of nitro groups is 2. The Morgan fingerprint density at radius 3 is 2.26 bits per heavy atom. The van der Waals surface area contributed by atoms with Gasteiger partial charge in [0.15, 0.2) is 0 Å². The minimum absolute atomic E-state index is 0.120. The molecule has 4 rings (SSSR count). The minimum Gasteiger partial charge on any atom is -0.450 e. The van der Waals surface area contributed by atoms with Gasteiger partial charge in [0.25, 0.3) is 11.6 Å². The average molecular weight is 475 g/mol. The predicted octanol–water partition coefficient (Wildman–Crippen LogP) is 4.66. The highest BCUT2D eigenvalue weighted by Crippen LogP contribution is 2.34. The largest absolute Gasteiger partial charge is 0.450 e. The summed E-state index contributed by atoms with van der Waals surface area (Å²) in [6.07, 6.45) is 3.82. The normalized spacial score (nSPS) is 13.1. The van der Waals surface area contributed by atoms with Crippen molar-refractivity contribution < 1.29 is 19.4 Å². The molecule has 3 aromatic rings.